The first-order valence-electron chi connectivity index (χ1n) is 7.68. The number of benzene rings is 2. The minimum Gasteiger partial charge on any atom is -0.323 e. The zero-order valence-electron chi connectivity index (χ0n) is 13.5. The van der Waals surface area contributed by atoms with Gasteiger partial charge in [-0.05, 0) is 24.3 Å². The van der Waals surface area contributed by atoms with E-state index in [4.69, 9.17) is 16.9 Å². The molecule has 0 aliphatic rings. The molecule has 3 aromatic rings. The van der Waals surface area contributed by atoms with Crippen LogP contribution in [0.4, 0.5) is 5.69 Å². The Labute approximate surface area is 154 Å². The predicted octanol–water partition coefficient (Wildman–Crippen LogP) is 3.07. The molecule has 0 atom stereocenters. The van der Waals surface area contributed by atoms with Crippen molar-refractivity contribution >= 4 is 23.2 Å². The number of carbonyl (C=O) groups is 1. The van der Waals surface area contributed by atoms with Crippen molar-refractivity contribution < 1.29 is 4.79 Å². The van der Waals surface area contributed by atoms with Gasteiger partial charge in [0.2, 0.25) is 5.91 Å². The average Bonchev–Trinajstić information content (AvgIpc) is 2.64. The molecule has 0 saturated carbocycles. The molecule has 3 rings (SSSR count). The Morgan fingerprint density at radius 2 is 1.92 bits per heavy atom. The Hall–Kier alpha value is -3.43. The number of para-hydroxylation sites is 1. The van der Waals surface area contributed by atoms with Gasteiger partial charge >= 0.3 is 0 Å². The lowest BCUT2D eigenvalue weighted by atomic mass is 10.1. The lowest BCUT2D eigenvalue weighted by Crippen LogP contribution is -2.27. The highest BCUT2D eigenvalue weighted by Crippen LogP contribution is 2.18. The van der Waals surface area contributed by atoms with Gasteiger partial charge in [0.05, 0.1) is 23.3 Å². The number of nitriles is 1. The van der Waals surface area contributed by atoms with E-state index in [0.717, 1.165) is 5.56 Å². The smallest absolute Gasteiger partial charge is 0.254 e. The summed E-state index contributed by atoms with van der Waals surface area (Å²) in [5.74, 6) is -0.421. The van der Waals surface area contributed by atoms with E-state index < -0.39 is 5.91 Å². The first kappa shape index (κ1) is 17.4. The second-order valence-corrected chi connectivity index (χ2v) is 5.89. The zero-order chi connectivity index (χ0) is 18.5. The third kappa shape index (κ3) is 3.97. The van der Waals surface area contributed by atoms with E-state index in [1.165, 1.54) is 17.0 Å². The fourth-order valence-electron chi connectivity index (χ4n) is 2.36. The van der Waals surface area contributed by atoms with Crippen molar-refractivity contribution in [1.82, 2.24) is 9.55 Å². The molecule has 1 amide bonds. The number of carbonyl (C=O) groups excluding carboxylic acids is 1. The van der Waals surface area contributed by atoms with E-state index in [-0.39, 0.29) is 12.1 Å². The summed E-state index contributed by atoms with van der Waals surface area (Å²) in [5.41, 5.74) is 1.65. The van der Waals surface area contributed by atoms with Crippen molar-refractivity contribution in [3.8, 4) is 17.3 Å². The minimum absolute atomic E-state index is 0.202. The molecule has 0 spiro atoms. The van der Waals surface area contributed by atoms with Crippen LogP contribution in [0.15, 0.2) is 65.7 Å². The molecular formula is C19H13ClN4O2. The molecule has 1 N–H and O–H groups in total. The Morgan fingerprint density at radius 3 is 2.62 bits per heavy atom. The SMILES string of the molecule is N#Cc1ccccc1NC(=O)Cn1cnc(-c2ccc(Cl)cc2)cc1=O. The van der Waals surface area contributed by atoms with Crippen LogP contribution in [0.25, 0.3) is 11.3 Å². The van der Waals surface area contributed by atoms with Crippen molar-refractivity contribution in [2.75, 3.05) is 5.32 Å². The van der Waals surface area contributed by atoms with Crippen LogP contribution in [0.5, 0.6) is 0 Å². The third-order valence-corrected chi connectivity index (χ3v) is 3.91. The first-order valence-corrected chi connectivity index (χ1v) is 8.06. The average molecular weight is 365 g/mol. The Balaban J connectivity index is 1.76. The summed E-state index contributed by atoms with van der Waals surface area (Å²) in [5, 5.41) is 12.3. The summed E-state index contributed by atoms with van der Waals surface area (Å²) in [4.78, 5) is 28.6. The standard InChI is InChI=1S/C19H13ClN4O2/c20-15-7-5-13(6-8-15)17-9-19(26)24(12-22-17)11-18(25)23-16-4-2-1-3-14(16)10-21/h1-9,12H,11H2,(H,23,25). The van der Waals surface area contributed by atoms with E-state index >= 15 is 0 Å². The van der Waals surface area contributed by atoms with Crippen molar-refractivity contribution in [3.05, 3.63) is 81.9 Å². The number of nitrogens with one attached hydrogen (secondary N) is 1. The lowest BCUT2D eigenvalue weighted by molar-refractivity contribution is -0.116. The van der Waals surface area contributed by atoms with Crippen LogP contribution in [0, 0.1) is 11.3 Å². The highest BCUT2D eigenvalue weighted by molar-refractivity contribution is 6.30. The molecule has 0 aliphatic carbocycles. The van der Waals surface area contributed by atoms with E-state index in [1.807, 2.05) is 6.07 Å². The van der Waals surface area contributed by atoms with Gasteiger partial charge in [0, 0.05) is 16.7 Å². The van der Waals surface area contributed by atoms with Gasteiger partial charge in [0.15, 0.2) is 0 Å². The molecule has 0 fully saturated rings. The molecule has 0 aliphatic heterocycles. The van der Waals surface area contributed by atoms with E-state index in [1.54, 1.807) is 48.5 Å². The molecule has 1 aromatic heterocycles. The van der Waals surface area contributed by atoms with Gasteiger partial charge in [-0.15, -0.1) is 0 Å². The number of anilines is 1. The number of rotatable bonds is 4. The second kappa shape index (κ2) is 7.64. The number of nitrogens with zero attached hydrogens (tertiary/aromatic N) is 3. The molecule has 0 radical (unpaired) electrons. The van der Waals surface area contributed by atoms with Gasteiger partial charge in [-0.3, -0.25) is 14.2 Å². The molecular weight excluding hydrogens is 352 g/mol. The van der Waals surface area contributed by atoms with Crippen LogP contribution in [0.3, 0.4) is 0 Å². The van der Waals surface area contributed by atoms with Gasteiger partial charge in [-0.25, -0.2) is 4.98 Å². The Bertz CT molecular complexity index is 1050. The van der Waals surface area contributed by atoms with Crippen molar-refractivity contribution in [3.63, 3.8) is 0 Å². The van der Waals surface area contributed by atoms with Crippen LogP contribution in [-0.2, 0) is 11.3 Å². The molecule has 6 nitrogen and oxygen atoms in total. The maximum atomic E-state index is 12.3. The van der Waals surface area contributed by atoms with Crippen LogP contribution in [0.2, 0.25) is 5.02 Å². The van der Waals surface area contributed by atoms with Gasteiger partial charge in [-0.1, -0.05) is 35.9 Å². The number of hydrogen-bond donors (Lipinski definition) is 1. The minimum atomic E-state index is -0.421. The van der Waals surface area contributed by atoms with Crippen molar-refractivity contribution in [2.45, 2.75) is 6.54 Å². The maximum Gasteiger partial charge on any atom is 0.254 e. The summed E-state index contributed by atoms with van der Waals surface area (Å²) >= 11 is 5.85. The monoisotopic (exact) mass is 364 g/mol. The lowest BCUT2D eigenvalue weighted by Gasteiger charge is -2.09. The molecule has 128 valence electrons. The quantitative estimate of drug-likeness (QED) is 0.770. The summed E-state index contributed by atoms with van der Waals surface area (Å²) in [6, 6.07) is 17.0. The molecule has 26 heavy (non-hydrogen) atoms. The first-order chi connectivity index (χ1) is 12.6. The fraction of sp³-hybridized carbons (Fsp3) is 0.0526. The summed E-state index contributed by atoms with van der Waals surface area (Å²) in [7, 11) is 0. The van der Waals surface area contributed by atoms with E-state index in [0.29, 0.717) is 22.0 Å². The summed E-state index contributed by atoms with van der Waals surface area (Å²) < 4.78 is 1.20. The zero-order valence-corrected chi connectivity index (χ0v) is 14.3. The Morgan fingerprint density at radius 1 is 1.19 bits per heavy atom. The molecule has 7 heteroatoms. The normalized spacial score (nSPS) is 10.2. The topological polar surface area (TPSA) is 87.8 Å². The molecule has 0 unspecified atom stereocenters. The largest absolute Gasteiger partial charge is 0.323 e. The van der Waals surface area contributed by atoms with Gasteiger partial charge in [0.25, 0.3) is 5.56 Å². The van der Waals surface area contributed by atoms with Crippen molar-refractivity contribution in [2.24, 2.45) is 0 Å². The van der Waals surface area contributed by atoms with Gasteiger partial charge in [-0.2, -0.15) is 5.26 Å². The number of hydrogen-bond acceptors (Lipinski definition) is 4. The summed E-state index contributed by atoms with van der Waals surface area (Å²) in [6.45, 7) is -0.202. The number of aromatic nitrogens is 2. The number of halogens is 1. The predicted molar refractivity (Wildman–Crippen MR) is 98.7 cm³/mol. The molecule has 2 aromatic carbocycles. The van der Waals surface area contributed by atoms with E-state index in [9.17, 15) is 9.59 Å². The van der Waals surface area contributed by atoms with Crippen molar-refractivity contribution in [1.29, 1.82) is 5.26 Å². The van der Waals surface area contributed by atoms with E-state index in [2.05, 4.69) is 10.3 Å². The molecule has 0 saturated heterocycles. The maximum absolute atomic E-state index is 12.3. The third-order valence-electron chi connectivity index (χ3n) is 3.66. The summed E-state index contributed by atoms with van der Waals surface area (Å²) in [6.07, 6.45) is 1.32. The Kier molecular flexibility index (Phi) is 5.11. The van der Waals surface area contributed by atoms with Gasteiger partial charge in [0.1, 0.15) is 12.6 Å². The van der Waals surface area contributed by atoms with Crippen LogP contribution in [0.1, 0.15) is 5.56 Å². The van der Waals surface area contributed by atoms with Crippen LogP contribution < -0.4 is 10.9 Å². The fourth-order valence-corrected chi connectivity index (χ4v) is 2.48. The molecule has 0 bridgehead atoms. The van der Waals surface area contributed by atoms with Crippen LogP contribution in [-0.4, -0.2) is 15.5 Å². The second-order valence-electron chi connectivity index (χ2n) is 5.45. The van der Waals surface area contributed by atoms with Gasteiger partial charge < -0.3 is 5.32 Å². The molecule has 1 heterocycles. The van der Waals surface area contributed by atoms with Crippen LogP contribution >= 0.6 is 11.6 Å². The number of amides is 1. The highest BCUT2D eigenvalue weighted by Gasteiger charge is 2.09. The highest BCUT2D eigenvalue weighted by atomic mass is 35.5.